The maximum Gasteiger partial charge on any atom is 0.408 e. The van der Waals surface area contributed by atoms with Crippen molar-refractivity contribution in [2.75, 3.05) is 5.75 Å². The fourth-order valence-electron chi connectivity index (χ4n) is 4.17. The zero-order chi connectivity index (χ0) is 25.9. The van der Waals surface area contributed by atoms with Crippen LogP contribution in [0.2, 0.25) is 0 Å². The van der Waals surface area contributed by atoms with E-state index >= 15 is 0 Å². The number of carbonyl (C=O) groups is 2. The Morgan fingerprint density at radius 2 is 1.16 bits per heavy atom. The molecule has 0 bridgehead atoms. The molecule has 4 aromatic carbocycles. The molecule has 0 aliphatic carbocycles. The third kappa shape index (κ3) is 6.39. The van der Waals surface area contributed by atoms with Crippen LogP contribution in [0.25, 0.3) is 0 Å². The zero-order valence-corrected chi connectivity index (χ0v) is 21.1. The molecule has 0 spiro atoms. The highest BCUT2D eigenvalue weighted by Crippen LogP contribution is 2.48. The van der Waals surface area contributed by atoms with E-state index < -0.39 is 22.8 Å². The summed E-state index contributed by atoms with van der Waals surface area (Å²) < 4.78 is 4.71. The van der Waals surface area contributed by atoms with Crippen molar-refractivity contribution in [1.29, 1.82) is 0 Å². The van der Waals surface area contributed by atoms with Crippen molar-refractivity contribution in [2.24, 2.45) is 5.84 Å². The van der Waals surface area contributed by atoms with E-state index in [4.69, 9.17) is 10.6 Å². The summed E-state index contributed by atoms with van der Waals surface area (Å²) in [6.07, 6.45) is -0.692. The molecule has 2 amide bonds. The van der Waals surface area contributed by atoms with Crippen LogP contribution in [-0.2, 0) is 20.9 Å². The van der Waals surface area contributed by atoms with Crippen LogP contribution < -0.4 is 16.6 Å². The molecule has 0 heterocycles. The van der Waals surface area contributed by atoms with Crippen LogP contribution >= 0.6 is 11.8 Å². The van der Waals surface area contributed by atoms with Gasteiger partial charge in [0.05, 0.1) is 4.75 Å². The average Bonchev–Trinajstić information content (AvgIpc) is 2.97. The van der Waals surface area contributed by atoms with Crippen LogP contribution in [0.1, 0.15) is 22.3 Å². The summed E-state index contributed by atoms with van der Waals surface area (Å²) in [5.41, 5.74) is 6.18. The van der Waals surface area contributed by atoms with Gasteiger partial charge in [0.1, 0.15) is 12.6 Å². The summed E-state index contributed by atoms with van der Waals surface area (Å²) in [7, 11) is 0. The second-order valence-corrected chi connectivity index (χ2v) is 9.59. The zero-order valence-electron chi connectivity index (χ0n) is 20.2. The van der Waals surface area contributed by atoms with Crippen LogP contribution in [0.15, 0.2) is 121 Å². The number of benzene rings is 4. The van der Waals surface area contributed by atoms with Gasteiger partial charge in [-0.05, 0) is 22.3 Å². The molecule has 4 N–H and O–H groups in total. The van der Waals surface area contributed by atoms with E-state index in [1.165, 1.54) is 0 Å². The van der Waals surface area contributed by atoms with Crippen molar-refractivity contribution in [2.45, 2.75) is 17.4 Å². The first-order valence-electron chi connectivity index (χ1n) is 11.9. The van der Waals surface area contributed by atoms with Gasteiger partial charge in [-0.2, -0.15) is 0 Å². The molecule has 0 aliphatic rings. The van der Waals surface area contributed by atoms with Crippen molar-refractivity contribution >= 4 is 23.8 Å². The third-order valence-electron chi connectivity index (χ3n) is 5.97. The fourth-order valence-corrected chi connectivity index (χ4v) is 5.73. The van der Waals surface area contributed by atoms with Crippen molar-refractivity contribution in [1.82, 2.24) is 10.7 Å². The van der Waals surface area contributed by atoms with Crippen molar-refractivity contribution < 1.29 is 14.3 Å². The Hall–Kier alpha value is -4.07. The Kier molecular flexibility index (Phi) is 8.97. The predicted octanol–water partition coefficient (Wildman–Crippen LogP) is 5.00. The van der Waals surface area contributed by atoms with E-state index in [0.717, 1.165) is 22.3 Å². The summed E-state index contributed by atoms with van der Waals surface area (Å²) >= 11 is 1.55. The number of nitrogens with one attached hydrogen (secondary N) is 2. The lowest BCUT2D eigenvalue weighted by Gasteiger charge is -2.36. The van der Waals surface area contributed by atoms with Gasteiger partial charge in [0.25, 0.3) is 5.91 Å². The average molecular weight is 512 g/mol. The van der Waals surface area contributed by atoms with Crippen LogP contribution in [0.5, 0.6) is 0 Å². The highest BCUT2D eigenvalue weighted by atomic mass is 32.2. The molecule has 0 saturated heterocycles. The molecule has 7 heteroatoms. The smallest absolute Gasteiger partial charge is 0.408 e. The summed E-state index contributed by atoms with van der Waals surface area (Å²) in [6, 6.07) is 38.8. The molecular weight excluding hydrogens is 482 g/mol. The summed E-state index contributed by atoms with van der Waals surface area (Å²) in [4.78, 5) is 25.3. The summed E-state index contributed by atoms with van der Waals surface area (Å²) in [5.74, 6) is 5.22. The minimum absolute atomic E-state index is 0.0960. The quantitative estimate of drug-likeness (QED) is 0.121. The maximum absolute atomic E-state index is 12.7. The van der Waals surface area contributed by atoms with Gasteiger partial charge < -0.3 is 10.1 Å². The van der Waals surface area contributed by atoms with E-state index in [1.54, 1.807) is 11.8 Å². The summed E-state index contributed by atoms with van der Waals surface area (Å²) in [6.45, 7) is 0.0960. The number of nitrogens with two attached hydrogens (primary N) is 1. The minimum atomic E-state index is -0.922. The summed E-state index contributed by atoms with van der Waals surface area (Å²) in [5, 5.41) is 2.69. The lowest BCUT2D eigenvalue weighted by Crippen LogP contribution is -2.51. The molecule has 0 aliphatic heterocycles. The number of thioether (sulfide) groups is 1. The lowest BCUT2D eigenvalue weighted by molar-refractivity contribution is -0.122. The minimum Gasteiger partial charge on any atom is -0.445 e. The molecule has 0 fully saturated rings. The lowest BCUT2D eigenvalue weighted by atomic mass is 9.84. The molecular formula is C30H29N3O3S. The van der Waals surface area contributed by atoms with Crippen LogP contribution in [0, 0.1) is 0 Å². The van der Waals surface area contributed by atoms with Gasteiger partial charge in [0.2, 0.25) is 0 Å². The van der Waals surface area contributed by atoms with Gasteiger partial charge in [-0.1, -0.05) is 121 Å². The third-order valence-corrected chi connectivity index (χ3v) is 7.61. The predicted molar refractivity (Wildman–Crippen MR) is 148 cm³/mol. The first-order valence-corrected chi connectivity index (χ1v) is 12.9. The van der Waals surface area contributed by atoms with E-state index in [-0.39, 0.29) is 12.4 Å². The topological polar surface area (TPSA) is 93.5 Å². The standard InChI is InChI=1S/C30H29N3O3S/c31-33-28(34)27(32-29(35)36-21-23-13-5-1-6-14-23)22-37-30(24-15-7-2-8-16-24,25-17-9-3-10-18-25)26-19-11-4-12-20-26/h1-20,27H,21-22,31H2,(H,32,35)(H,33,34)/t27-/m0/s1. The second-order valence-electron chi connectivity index (χ2n) is 8.36. The fraction of sp³-hybridized carbons (Fsp3) is 0.133. The van der Waals surface area contributed by atoms with E-state index in [1.807, 2.05) is 84.9 Å². The van der Waals surface area contributed by atoms with Crippen LogP contribution in [0.4, 0.5) is 4.79 Å². The number of hydrazine groups is 1. The highest BCUT2D eigenvalue weighted by Gasteiger charge is 2.38. The number of amides is 2. The Morgan fingerprint density at radius 3 is 1.59 bits per heavy atom. The van der Waals surface area contributed by atoms with Gasteiger partial charge in [0.15, 0.2) is 0 Å². The van der Waals surface area contributed by atoms with Gasteiger partial charge in [0, 0.05) is 5.75 Å². The Labute approximate surface area is 221 Å². The van der Waals surface area contributed by atoms with Gasteiger partial charge in [-0.3, -0.25) is 10.2 Å². The van der Waals surface area contributed by atoms with E-state index in [0.29, 0.717) is 0 Å². The van der Waals surface area contributed by atoms with E-state index in [9.17, 15) is 9.59 Å². The Bertz CT molecular complexity index is 1180. The largest absolute Gasteiger partial charge is 0.445 e. The van der Waals surface area contributed by atoms with Gasteiger partial charge in [-0.15, -0.1) is 11.8 Å². The number of alkyl carbamates (subject to hydrolysis) is 1. The van der Waals surface area contributed by atoms with Gasteiger partial charge >= 0.3 is 6.09 Å². The van der Waals surface area contributed by atoms with Crippen LogP contribution in [0.3, 0.4) is 0 Å². The second kappa shape index (κ2) is 12.8. The normalized spacial score (nSPS) is 11.8. The molecule has 6 nitrogen and oxygen atoms in total. The monoisotopic (exact) mass is 511 g/mol. The number of ether oxygens (including phenoxy) is 1. The molecule has 188 valence electrons. The molecule has 1 atom stereocenters. The number of carbonyl (C=O) groups excluding carboxylic acids is 2. The van der Waals surface area contributed by atoms with Crippen molar-refractivity contribution in [3.63, 3.8) is 0 Å². The first-order chi connectivity index (χ1) is 18.1. The van der Waals surface area contributed by atoms with E-state index in [2.05, 4.69) is 47.1 Å². The molecule has 0 aromatic heterocycles. The molecule has 0 radical (unpaired) electrons. The Balaban J connectivity index is 1.63. The van der Waals surface area contributed by atoms with Crippen molar-refractivity contribution in [3.05, 3.63) is 144 Å². The highest BCUT2D eigenvalue weighted by molar-refractivity contribution is 8.00. The van der Waals surface area contributed by atoms with Crippen LogP contribution in [-0.4, -0.2) is 23.8 Å². The molecule has 37 heavy (non-hydrogen) atoms. The molecule has 4 aromatic rings. The number of rotatable bonds is 10. The van der Waals surface area contributed by atoms with Gasteiger partial charge in [-0.25, -0.2) is 10.6 Å². The molecule has 4 rings (SSSR count). The first kappa shape index (κ1) is 26.0. The molecule has 0 saturated carbocycles. The Morgan fingerprint density at radius 1 is 0.730 bits per heavy atom. The molecule has 0 unspecified atom stereocenters. The number of hydrogen-bond acceptors (Lipinski definition) is 5. The maximum atomic E-state index is 12.7. The SMILES string of the molecule is NNC(=O)[C@H](CSC(c1ccccc1)(c1ccccc1)c1ccccc1)NC(=O)OCc1ccccc1. The van der Waals surface area contributed by atoms with Crippen molar-refractivity contribution in [3.8, 4) is 0 Å². The number of hydrogen-bond donors (Lipinski definition) is 3.